The largest absolute Gasteiger partial charge is 0.465 e. The van der Waals surface area contributed by atoms with Crippen LogP contribution in [0.5, 0.6) is 0 Å². The smallest absolute Gasteiger partial charge is 0.404 e. The Morgan fingerprint density at radius 3 is 2.47 bits per heavy atom. The number of aromatic nitrogens is 2. The molecule has 1 saturated heterocycles. The molecular weight excluding hydrogens is 384 g/mol. The molecule has 0 aromatic carbocycles. The van der Waals surface area contributed by atoms with E-state index in [2.05, 4.69) is 26.1 Å². The molecule has 2 N–H and O–H groups in total. The van der Waals surface area contributed by atoms with E-state index >= 15 is 0 Å². The Hall–Kier alpha value is -2.61. The van der Waals surface area contributed by atoms with Gasteiger partial charge in [-0.15, -0.1) is 0 Å². The number of carbonyl (C=O) groups is 1. The Kier molecular flexibility index (Phi) is 4.80. The normalized spacial score (nSPS) is 26.1. The molecule has 2 aliphatic heterocycles. The van der Waals surface area contributed by atoms with E-state index in [4.69, 9.17) is 5.11 Å². The van der Waals surface area contributed by atoms with E-state index in [-0.39, 0.29) is 28.7 Å². The van der Waals surface area contributed by atoms with Crippen LogP contribution in [-0.4, -0.2) is 56.0 Å². The second-order valence-electron chi connectivity index (χ2n) is 9.88. The maximum absolute atomic E-state index is 12.9. The van der Waals surface area contributed by atoms with Crippen molar-refractivity contribution in [3.63, 3.8) is 0 Å². The summed E-state index contributed by atoms with van der Waals surface area (Å²) in [4.78, 5) is 36.6. The summed E-state index contributed by atoms with van der Waals surface area (Å²) in [5.41, 5.74) is 1.42. The number of hydrogen-bond donors (Lipinski definition) is 2. The minimum atomic E-state index is -0.977. The summed E-state index contributed by atoms with van der Waals surface area (Å²) in [5.74, 6) is 0. The van der Waals surface area contributed by atoms with Crippen molar-refractivity contribution in [2.45, 2.75) is 64.7 Å². The van der Waals surface area contributed by atoms with Crippen LogP contribution in [0.3, 0.4) is 0 Å². The van der Waals surface area contributed by atoms with Crippen LogP contribution in [0.4, 0.5) is 4.79 Å². The third kappa shape index (κ3) is 3.23. The fourth-order valence-electron chi connectivity index (χ4n) is 5.44. The minimum Gasteiger partial charge on any atom is -0.465 e. The van der Waals surface area contributed by atoms with E-state index in [1.165, 1.54) is 0 Å². The molecule has 2 aliphatic rings. The topological polar surface area (TPSA) is 93.3 Å². The maximum Gasteiger partial charge on any atom is 0.404 e. The molecule has 0 bridgehead atoms. The molecule has 1 atom stereocenters. The van der Waals surface area contributed by atoms with Gasteiger partial charge in [0.15, 0.2) is 0 Å². The zero-order valence-electron chi connectivity index (χ0n) is 18.1. The third-order valence-electron chi connectivity index (χ3n) is 7.27. The molecule has 4 rings (SSSR count). The van der Waals surface area contributed by atoms with Crippen LogP contribution in [0.1, 0.15) is 45.2 Å². The van der Waals surface area contributed by atoms with E-state index in [0.29, 0.717) is 6.54 Å². The van der Waals surface area contributed by atoms with Crippen LogP contribution in [0, 0.1) is 6.92 Å². The zero-order chi connectivity index (χ0) is 21.8. The van der Waals surface area contributed by atoms with Crippen LogP contribution >= 0.6 is 0 Å². The number of likely N-dealkylation sites (tertiary alicyclic amines) is 1. The summed E-state index contributed by atoms with van der Waals surface area (Å²) in [6.45, 7) is 11.4. The number of nitrogens with one attached hydrogen (secondary N) is 1. The molecule has 2 aromatic heterocycles. The van der Waals surface area contributed by atoms with Gasteiger partial charge in [-0.2, -0.15) is 0 Å². The lowest BCUT2D eigenvalue weighted by Gasteiger charge is -2.53. The first kappa shape index (κ1) is 20.7. The second-order valence-corrected chi connectivity index (χ2v) is 9.88. The highest BCUT2D eigenvalue weighted by molar-refractivity contribution is 5.80. The standard InChI is InChI=1S/C22H30N4O4/c1-14-11-19(28)24-12-16(25-18(27)6-5-17(14)20(24)25)13-26(22(2,3)4)9-7-15(8-10-26)23-21(29)30/h5-6,11,15-16,23H,7-10,12-13H2,1-4H3/p+1/t15?,16-,26?/m1/s1. The second kappa shape index (κ2) is 6.97. The molecule has 0 saturated carbocycles. The molecule has 4 heterocycles. The molecular formula is C22H31N4O4+. The third-order valence-corrected chi connectivity index (χ3v) is 7.27. The number of hydrogen-bond acceptors (Lipinski definition) is 3. The summed E-state index contributed by atoms with van der Waals surface area (Å²) in [6, 6.07) is 4.94. The highest BCUT2D eigenvalue weighted by atomic mass is 16.4. The Morgan fingerprint density at radius 1 is 1.20 bits per heavy atom. The summed E-state index contributed by atoms with van der Waals surface area (Å²) in [6.07, 6.45) is 0.554. The van der Waals surface area contributed by atoms with E-state index < -0.39 is 6.09 Å². The molecule has 0 radical (unpaired) electrons. The summed E-state index contributed by atoms with van der Waals surface area (Å²) in [5, 5.41) is 12.6. The fraction of sp³-hybridized carbons (Fsp3) is 0.591. The molecule has 0 aliphatic carbocycles. The minimum absolute atomic E-state index is 0.0340. The van der Waals surface area contributed by atoms with Crippen LogP contribution in [0.15, 0.2) is 27.8 Å². The number of amides is 1. The van der Waals surface area contributed by atoms with E-state index in [9.17, 15) is 14.4 Å². The van der Waals surface area contributed by atoms with Gasteiger partial charge in [-0.1, -0.05) is 0 Å². The van der Waals surface area contributed by atoms with Crippen molar-refractivity contribution < 1.29 is 14.4 Å². The van der Waals surface area contributed by atoms with Crippen molar-refractivity contribution in [3.8, 4) is 0 Å². The van der Waals surface area contributed by atoms with Crippen molar-refractivity contribution in [2.75, 3.05) is 19.6 Å². The van der Waals surface area contributed by atoms with Gasteiger partial charge >= 0.3 is 6.09 Å². The van der Waals surface area contributed by atoms with Crippen LogP contribution in [0.2, 0.25) is 0 Å². The molecule has 0 spiro atoms. The lowest BCUT2D eigenvalue weighted by molar-refractivity contribution is -0.976. The molecule has 8 nitrogen and oxygen atoms in total. The molecule has 1 amide bonds. The van der Waals surface area contributed by atoms with Crippen molar-refractivity contribution in [3.05, 3.63) is 44.5 Å². The fourth-order valence-corrected chi connectivity index (χ4v) is 5.44. The Morgan fingerprint density at radius 2 is 1.87 bits per heavy atom. The van der Waals surface area contributed by atoms with Gasteiger partial charge in [0, 0.05) is 36.4 Å². The number of nitrogens with zero attached hydrogens (tertiary/aromatic N) is 3. The lowest BCUT2D eigenvalue weighted by atomic mass is 9.92. The first-order valence-electron chi connectivity index (χ1n) is 10.6. The van der Waals surface area contributed by atoms with Gasteiger partial charge < -0.3 is 14.9 Å². The van der Waals surface area contributed by atoms with E-state index in [1.807, 2.05) is 17.6 Å². The summed E-state index contributed by atoms with van der Waals surface area (Å²) >= 11 is 0. The lowest BCUT2D eigenvalue weighted by Crippen LogP contribution is -2.66. The summed E-state index contributed by atoms with van der Waals surface area (Å²) < 4.78 is 4.35. The number of carboxylic acid groups (broad SMARTS) is 1. The van der Waals surface area contributed by atoms with E-state index in [0.717, 1.165) is 53.6 Å². The van der Waals surface area contributed by atoms with Gasteiger partial charge in [0.1, 0.15) is 18.2 Å². The van der Waals surface area contributed by atoms with Crippen LogP contribution in [-0.2, 0) is 6.54 Å². The first-order valence-corrected chi connectivity index (χ1v) is 10.6. The average Bonchev–Trinajstić information content (AvgIpc) is 3.02. The predicted octanol–water partition coefficient (Wildman–Crippen LogP) is 2.07. The molecule has 8 heteroatoms. The van der Waals surface area contributed by atoms with E-state index in [1.54, 1.807) is 16.7 Å². The highest BCUT2D eigenvalue weighted by Gasteiger charge is 2.46. The summed E-state index contributed by atoms with van der Waals surface area (Å²) in [7, 11) is 0. The van der Waals surface area contributed by atoms with Crippen LogP contribution in [0.25, 0.3) is 11.0 Å². The monoisotopic (exact) mass is 415 g/mol. The van der Waals surface area contributed by atoms with Crippen LogP contribution < -0.4 is 16.4 Å². The van der Waals surface area contributed by atoms with Crippen molar-refractivity contribution >= 4 is 17.1 Å². The number of pyridine rings is 2. The molecule has 30 heavy (non-hydrogen) atoms. The first-order chi connectivity index (χ1) is 14.0. The molecule has 0 unspecified atom stereocenters. The van der Waals surface area contributed by atoms with Gasteiger partial charge in [-0.05, 0) is 39.3 Å². The average molecular weight is 416 g/mol. The molecule has 2 aromatic rings. The van der Waals surface area contributed by atoms with Crippen molar-refractivity contribution in [1.29, 1.82) is 0 Å². The Bertz CT molecular complexity index is 1120. The maximum atomic E-state index is 12.9. The highest BCUT2D eigenvalue weighted by Crippen LogP contribution is 2.35. The van der Waals surface area contributed by atoms with Gasteiger partial charge in [0.25, 0.3) is 11.1 Å². The van der Waals surface area contributed by atoms with Gasteiger partial charge in [0.2, 0.25) is 0 Å². The molecule has 162 valence electrons. The number of quaternary nitrogens is 1. The van der Waals surface area contributed by atoms with Gasteiger partial charge in [-0.3, -0.25) is 18.7 Å². The number of rotatable bonds is 3. The van der Waals surface area contributed by atoms with Gasteiger partial charge in [-0.25, -0.2) is 4.79 Å². The zero-order valence-corrected chi connectivity index (χ0v) is 18.1. The SMILES string of the molecule is Cc1cc(=O)n2c3c1ccc(=O)n3[C@@H](C[N+]1(C(C)(C)C)CCC(NC(=O)O)CC1)C2. The number of piperidine rings is 1. The molecule has 1 fully saturated rings. The van der Waals surface area contributed by atoms with Crippen molar-refractivity contribution in [2.24, 2.45) is 0 Å². The van der Waals surface area contributed by atoms with Gasteiger partial charge in [0.05, 0.1) is 25.2 Å². The Labute approximate surface area is 175 Å². The quantitative estimate of drug-likeness (QED) is 0.751. The number of aryl methyl sites for hydroxylation is 1. The Balaban J connectivity index is 1.71. The van der Waals surface area contributed by atoms with Crippen molar-refractivity contribution in [1.82, 2.24) is 14.5 Å². The predicted molar refractivity (Wildman–Crippen MR) is 115 cm³/mol.